The van der Waals surface area contributed by atoms with Crippen LogP contribution in [0.15, 0.2) is 0 Å². The highest BCUT2D eigenvalue weighted by atomic mass is 16.2. The van der Waals surface area contributed by atoms with Gasteiger partial charge in [0, 0.05) is 38.1 Å². The SMILES string of the molecule is O=C1CCCCCCN1CC(=O)N1CCC2CCC(C1)N2. The lowest BCUT2D eigenvalue weighted by atomic mass is 10.1. The number of hydrogen-bond donors (Lipinski definition) is 1. The summed E-state index contributed by atoms with van der Waals surface area (Å²) >= 11 is 0. The molecule has 3 aliphatic heterocycles. The van der Waals surface area contributed by atoms with Crippen molar-refractivity contribution in [3.8, 4) is 0 Å². The smallest absolute Gasteiger partial charge is 0.242 e. The Bertz CT molecular complexity index is 399. The minimum absolute atomic E-state index is 0.137. The van der Waals surface area contributed by atoms with Gasteiger partial charge >= 0.3 is 0 Å². The Morgan fingerprint density at radius 2 is 1.86 bits per heavy atom. The summed E-state index contributed by atoms with van der Waals surface area (Å²) in [5, 5.41) is 3.59. The van der Waals surface area contributed by atoms with Gasteiger partial charge in [-0.3, -0.25) is 9.59 Å². The van der Waals surface area contributed by atoms with Crippen LogP contribution in [-0.2, 0) is 9.59 Å². The summed E-state index contributed by atoms with van der Waals surface area (Å²) in [6.07, 6.45) is 8.42. The van der Waals surface area contributed by atoms with Crippen LogP contribution in [0.5, 0.6) is 0 Å². The van der Waals surface area contributed by atoms with Crippen molar-refractivity contribution in [1.82, 2.24) is 15.1 Å². The summed E-state index contributed by atoms with van der Waals surface area (Å²) < 4.78 is 0. The fourth-order valence-corrected chi connectivity index (χ4v) is 3.82. The molecule has 2 amide bonds. The van der Waals surface area contributed by atoms with Gasteiger partial charge in [0.15, 0.2) is 0 Å². The molecule has 0 radical (unpaired) electrons. The van der Waals surface area contributed by atoms with E-state index in [1.807, 2.05) is 4.90 Å². The van der Waals surface area contributed by atoms with Gasteiger partial charge < -0.3 is 15.1 Å². The molecule has 3 rings (SSSR count). The molecule has 118 valence electrons. The van der Waals surface area contributed by atoms with Crippen molar-refractivity contribution in [1.29, 1.82) is 0 Å². The van der Waals surface area contributed by atoms with E-state index >= 15 is 0 Å². The molecule has 3 aliphatic rings. The molecule has 5 nitrogen and oxygen atoms in total. The third kappa shape index (κ3) is 3.76. The van der Waals surface area contributed by atoms with Crippen molar-refractivity contribution >= 4 is 11.8 Å². The summed E-state index contributed by atoms with van der Waals surface area (Å²) in [5.74, 6) is 0.302. The molecule has 0 saturated carbocycles. The molecule has 1 N–H and O–H groups in total. The molecule has 0 aromatic carbocycles. The van der Waals surface area contributed by atoms with Crippen LogP contribution in [0.25, 0.3) is 0 Å². The van der Waals surface area contributed by atoms with E-state index in [1.54, 1.807) is 4.90 Å². The second-order valence-corrected chi connectivity index (χ2v) is 6.75. The summed E-state index contributed by atoms with van der Waals surface area (Å²) in [4.78, 5) is 28.4. The maximum absolute atomic E-state index is 12.5. The standard InChI is InChI=1S/C16H27N3O2/c20-15-5-3-1-2-4-9-18(15)12-16(21)19-10-8-13-6-7-14(11-19)17-13/h13-14,17H,1-12H2. The lowest BCUT2D eigenvalue weighted by Crippen LogP contribution is -2.46. The van der Waals surface area contributed by atoms with Crippen LogP contribution in [-0.4, -0.2) is 59.9 Å². The molecule has 2 bridgehead atoms. The van der Waals surface area contributed by atoms with Gasteiger partial charge in [0.05, 0.1) is 6.54 Å². The van der Waals surface area contributed by atoms with Crippen LogP contribution in [0.1, 0.15) is 51.4 Å². The largest absolute Gasteiger partial charge is 0.340 e. The van der Waals surface area contributed by atoms with Crippen LogP contribution in [0.2, 0.25) is 0 Å². The van der Waals surface area contributed by atoms with Crippen molar-refractivity contribution in [3.63, 3.8) is 0 Å². The van der Waals surface area contributed by atoms with E-state index in [-0.39, 0.29) is 18.4 Å². The second kappa shape index (κ2) is 6.77. The number of rotatable bonds is 2. The third-order valence-corrected chi connectivity index (χ3v) is 5.12. The summed E-state index contributed by atoms with van der Waals surface area (Å²) in [7, 11) is 0. The van der Waals surface area contributed by atoms with E-state index < -0.39 is 0 Å². The van der Waals surface area contributed by atoms with Gasteiger partial charge in [0.25, 0.3) is 0 Å². The van der Waals surface area contributed by atoms with Crippen LogP contribution < -0.4 is 5.32 Å². The second-order valence-electron chi connectivity index (χ2n) is 6.75. The van der Waals surface area contributed by atoms with Gasteiger partial charge in [-0.2, -0.15) is 0 Å². The van der Waals surface area contributed by atoms with Crippen molar-refractivity contribution in [2.45, 2.75) is 63.5 Å². The maximum atomic E-state index is 12.5. The number of nitrogens with one attached hydrogen (secondary N) is 1. The molecule has 3 saturated heterocycles. The van der Waals surface area contributed by atoms with Crippen LogP contribution in [0, 0.1) is 0 Å². The van der Waals surface area contributed by atoms with E-state index in [0.717, 1.165) is 45.3 Å². The quantitative estimate of drug-likeness (QED) is 0.830. The number of fused-ring (bicyclic) bond motifs is 2. The van der Waals surface area contributed by atoms with Crippen LogP contribution in [0.3, 0.4) is 0 Å². The average Bonchev–Trinajstić information content (AvgIpc) is 2.77. The average molecular weight is 293 g/mol. The molecule has 21 heavy (non-hydrogen) atoms. The first-order chi connectivity index (χ1) is 10.2. The zero-order valence-electron chi connectivity index (χ0n) is 12.9. The molecule has 2 atom stereocenters. The Morgan fingerprint density at radius 3 is 2.76 bits per heavy atom. The van der Waals surface area contributed by atoms with E-state index in [2.05, 4.69) is 5.32 Å². The van der Waals surface area contributed by atoms with Crippen molar-refractivity contribution in [3.05, 3.63) is 0 Å². The van der Waals surface area contributed by atoms with E-state index in [9.17, 15) is 9.59 Å². The molecule has 0 aromatic rings. The number of nitrogens with zero attached hydrogens (tertiary/aromatic N) is 2. The fraction of sp³-hybridized carbons (Fsp3) is 0.875. The van der Waals surface area contributed by atoms with Crippen molar-refractivity contribution in [2.75, 3.05) is 26.2 Å². The highest BCUT2D eigenvalue weighted by Gasteiger charge is 2.31. The van der Waals surface area contributed by atoms with Crippen molar-refractivity contribution in [2.24, 2.45) is 0 Å². The minimum Gasteiger partial charge on any atom is -0.340 e. The predicted octanol–water partition coefficient (Wildman–Crippen LogP) is 1.13. The highest BCUT2D eigenvalue weighted by Crippen LogP contribution is 2.20. The Balaban J connectivity index is 1.55. The molecular formula is C16H27N3O2. The van der Waals surface area contributed by atoms with Crippen LogP contribution in [0.4, 0.5) is 0 Å². The monoisotopic (exact) mass is 293 g/mol. The molecule has 0 aromatic heterocycles. The van der Waals surface area contributed by atoms with E-state index in [1.165, 1.54) is 19.3 Å². The molecular weight excluding hydrogens is 266 g/mol. The Morgan fingerprint density at radius 1 is 1.05 bits per heavy atom. The predicted molar refractivity (Wildman–Crippen MR) is 80.8 cm³/mol. The maximum Gasteiger partial charge on any atom is 0.242 e. The third-order valence-electron chi connectivity index (χ3n) is 5.12. The molecule has 3 fully saturated rings. The van der Waals surface area contributed by atoms with Gasteiger partial charge in [0.2, 0.25) is 11.8 Å². The summed E-state index contributed by atoms with van der Waals surface area (Å²) in [6, 6.07) is 1.06. The number of amides is 2. The lowest BCUT2D eigenvalue weighted by Gasteiger charge is -2.29. The first-order valence-corrected chi connectivity index (χ1v) is 8.54. The lowest BCUT2D eigenvalue weighted by molar-refractivity contribution is -0.141. The van der Waals surface area contributed by atoms with Gasteiger partial charge in [0.1, 0.15) is 0 Å². The number of carbonyl (C=O) groups excluding carboxylic acids is 2. The highest BCUT2D eigenvalue weighted by molar-refractivity contribution is 5.85. The number of hydrogen-bond acceptors (Lipinski definition) is 3. The zero-order valence-corrected chi connectivity index (χ0v) is 12.9. The summed E-state index contributed by atoms with van der Waals surface area (Å²) in [5.41, 5.74) is 0. The Kier molecular flexibility index (Phi) is 4.78. The zero-order chi connectivity index (χ0) is 14.7. The first-order valence-electron chi connectivity index (χ1n) is 8.54. The Labute approximate surface area is 127 Å². The van der Waals surface area contributed by atoms with Crippen molar-refractivity contribution < 1.29 is 9.59 Å². The first kappa shape index (κ1) is 14.8. The number of carbonyl (C=O) groups is 2. The minimum atomic E-state index is 0.137. The van der Waals surface area contributed by atoms with Gasteiger partial charge in [-0.25, -0.2) is 0 Å². The molecule has 3 heterocycles. The summed E-state index contributed by atoms with van der Waals surface area (Å²) in [6.45, 7) is 2.70. The molecule has 0 spiro atoms. The normalized spacial score (nSPS) is 30.8. The molecule has 0 aliphatic carbocycles. The van der Waals surface area contributed by atoms with Gasteiger partial charge in [-0.05, 0) is 32.1 Å². The number of likely N-dealkylation sites (tertiary alicyclic amines) is 2. The van der Waals surface area contributed by atoms with Gasteiger partial charge in [-0.15, -0.1) is 0 Å². The van der Waals surface area contributed by atoms with Gasteiger partial charge in [-0.1, -0.05) is 12.8 Å². The van der Waals surface area contributed by atoms with E-state index in [4.69, 9.17) is 0 Å². The molecule has 5 heteroatoms. The Hall–Kier alpha value is -1.10. The van der Waals surface area contributed by atoms with Crippen LogP contribution >= 0.6 is 0 Å². The topological polar surface area (TPSA) is 52.7 Å². The molecule has 2 unspecified atom stereocenters. The van der Waals surface area contributed by atoms with E-state index in [0.29, 0.717) is 18.5 Å². The fourth-order valence-electron chi connectivity index (χ4n) is 3.82.